The summed E-state index contributed by atoms with van der Waals surface area (Å²) in [7, 11) is 1.52. The Hall–Kier alpha value is -3.15. The molecule has 1 N–H and O–H groups in total. The fraction of sp³-hybridized carbons (Fsp3) is 0.0625. The van der Waals surface area contributed by atoms with Gasteiger partial charge in [0.25, 0.3) is 5.89 Å². The number of rotatable bonds is 4. The molecule has 1 aromatic heterocycles. The van der Waals surface area contributed by atoms with E-state index in [0.717, 1.165) is 0 Å². The Kier molecular flexibility index (Phi) is 3.34. The Morgan fingerprint density at radius 2 is 1.86 bits per heavy atom. The largest absolute Gasteiger partial charge is 0.497 e. The number of fused-ring (bicyclic) bond motifs is 1. The van der Waals surface area contributed by atoms with Crippen LogP contribution in [0.3, 0.4) is 0 Å². The summed E-state index contributed by atoms with van der Waals surface area (Å²) in [6.45, 7) is 0. The van der Waals surface area contributed by atoms with Crippen LogP contribution in [-0.4, -0.2) is 29.0 Å². The number of aromatic nitrogens is 1. The molecule has 0 bridgehead atoms. The topological polar surface area (TPSA) is 89.6 Å². The van der Waals surface area contributed by atoms with Crippen LogP contribution in [0.2, 0.25) is 0 Å². The third-order valence-electron chi connectivity index (χ3n) is 3.19. The minimum atomic E-state index is -1.18. The van der Waals surface area contributed by atoms with E-state index >= 15 is 0 Å². The molecule has 0 spiro atoms. The predicted molar refractivity (Wildman–Crippen MR) is 77.4 cm³/mol. The van der Waals surface area contributed by atoms with Crippen molar-refractivity contribution in [2.45, 2.75) is 0 Å². The molecule has 22 heavy (non-hydrogen) atoms. The second-order valence-electron chi connectivity index (χ2n) is 4.53. The number of carbonyl (C=O) groups is 2. The standard InChI is InChI=1S/C16H11NO5/c1-21-9-6-7-13-12(8-9)17-15(22-13)14(18)10-4-2-3-5-11(10)16(19)20/h2-8H,1H3,(H,19,20). The second kappa shape index (κ2) is 5.33. The molecule has 2 aromatic carbocycles. The Morgan fingerprint density at radius 3 is 2.55 bits per heavy atom. The number of hydrogen-bond donors (Lipinski definition) is 1. The maximum Gasteiger partial charge on any atom is 0.336 e. The first-order chi connectivity index (χ1) is 10.6. The second-order valence-corrected chi connectivity index (χ2v) is 4.53. The van der Waals surface area contributed by atoms with Crippen molar-refractivity contribution in [3.63, 3.8) is 0 Å². The average molecular weight is 297 g/mol. The van der Waals surface area contributed by atoms with Crippen molar-refractivity contribution in [3.05, 3.63) is 59.5 Å². The van der Waals surface area contributed by atoms with E-state index in [-0.39, 0.29) is 17.0 Å². The fourth-order valence-electron chi connectivity index (χ4n) is 2.11. The number of carbonyl (C=O) groups excluding carboxylic acids is 1. The van der Waals surface area contributed by atoms with Crippen LogP contribution >= 0.6 is 0 Å². The zero-order valence-electron chi connectivity index (χ0n) is 11.6. The molecule has 0 aliphatic heterocycles. The van der Waals surface area contributed by atoms with Crippen molar-refractivity contribution in [1.82, 2.24) is 4.98 Å². The molecule has 0 atom stereocenters. The maximum atomic E-state index is 12.4. The smallest absolute Gasteiger partial charge is 0.336 e. The van der Waals surface area contributed by atoms with Gasteiger partial charge in [0.1, 0.15) is 11.3 Å². The number of nitrogens with zero attached hydrogens (tertiary/aromatic N) is 1. The zero-order chi connectivity index (χ0) is 15.7. The van der Waals surface area contributed by atoms with E-state index < -0.39 is 11.8 Å². The molecule has 0 unspecified atom stereocenters. The molecule has 0 aliphatic rings. The van der Waals surface area contributed by atoms with Gasteiger partial charge in [-0.25, -0.2) is 9.78 Å². The first kappa shape index (κ1) is 13.8. The van der Waals surface area contributed by atoms with Crippen LogP contribution in [0.4, 0.5) is 0 Å². The lowest BCUT2D eigenvalue weighted by Gasteiger charge is -2.01. The summed E-state index contributed by atoms with van der Waals surface area (Å²) in [4.78, 5) is 27.7. The van der Waals surface area contributed by atoms with E-state index in [2.05, 4.69) is 4.98 Å². The molecule has 0 fully saturated rings. The predicted octanol–water partition coefficient (Wildman–Crippen LogP) is 2.77. The molecule has 1 heterocycles. The van der Waals surface area contributed by atoms with Crippen LogP contribution < -0.4 is 4.74 Å². The molecule has 3 rings (SSSR count). The lowest BCUT2D eigenvalue weighted by atomic mass is 10.0. The van der Waals surface area contributed by atoms with Gasteiger partial charge in [0.05, 0.1) is 12.7 Å². The van der Waals surface area contributed by atoms with Gasteiger partial charge in [0.15, 0.2) is 5.58 Å². The van der Waals surface area contributed by atoms with Crippen LogP contribution in [-0.2, 0) is 0 Å². The SMILES string of the molecule is COc1ccc2oc(C(=O)c3ccccc3C(=O)O)nc2c1. The summed E-state index contributed by atoms with van der Waals surface area (Å²) in [5.41, 5.74) is 0.841. The van der Waals surface area contributed by atoms with Gasteiger partial charge in [-0.3, -0.25) is 4.79 Å². The van der Waals surface area contributed by atoms with Gasteiger partial charge in [-0.2, -0.15) is 0 Å². The molecular formula is C16H11NO5. The first-order valence-electron chi connectivity index (χ1n) is 6.42. The molecule has 0 saturated heterocycles. The Morgan fingerprint density at radius 1 is 1.14 bits per heavy atom. The molecule has 110 valence electrons. The Balaban J connectivity index is 2.08. The number of methoxy groups -OCH3 is 1. The van der Waals surface area contributed by atoms with Crippen molar-refractivity contribution >= 4 is 22.9 Å². The number of carboxylic acids is 1. The molecule has 0 aliphatic carbocycles. The van der Waals surface area contributed by atoms with Crippen LogP contribution in [0, 0.1) is 0 Å². The van der Waals surface area contributed by atoms with Gasteiger partial charge in [-0.1, -0.05) is 12.1 Å². The van der Waals surface area contributed by atoms with Crippen molar-refractivity contribution in [3.8, 4) is 5.75 Å². The lowest BCUT2D eigenvalue weighted by Crippen LogP contribution is -2.09. The number of ketones is 1. The number of hydrogen-bond acceptors (Lipinski definition) is 5. The van der Waals surface area contributed by atoms with E-state index in [0.29, 0.717) is 16.8 Å². The van der Waals surface area contributed by atoms with Crippen molar-refractivity contribution in [1.29, 1.82) is 0 Å². The van der Waals surface area contributed by atoms with E-state index in [9.17, 15) is 9.59 Å². The first-order valence-corrected chi connectivity index (χ1v) is 6.42. The van der Waals surface area contributed by atoms with E-state index in [1.807, 2.05) is 0 Å². The zero-order valence-corrected chi connectivity index (χ0v) is 11.6. The maximum absolute atomic E-state index is 12.4. The minimum Gasteiger partial charge on any atom is -0.497 e. The van der Waals surface area contributed by atoms with Gasteiger partial charge in [-0.05, 0) is 24.3 Å². The minimum absolute atomic E-state index is 0.0357. The summed E-state index contributed by atoms with van der Waals surface area (Å²) in [5.74, 6) is -1.32. The third kappa shape index (κ3) is 2.31. The highest BCUT2D eigenvalue weighted by Gasteiger charge is 2.22. The molecule has 0 radical (unpaired) electrons. The van der Waals surface area contributed by atoms with Gasteiger partial charge >= 0.3 is 5.97 Å². The van der Waals surface area contributed by atoms with Gasteiger partial charge in [0.2, 0.25) is 5.78 Å². The lowest BCUT2D eigenvalue weighted by molar-refractivity contribution is 0.0692. The van der Waals surface area contributed by atoms with Crippen LogP contribution in [0.5, 0.6) is 5.75 Å². The third-order valence-corrected chi connectivity index (χ3v) is 3.19. The Labute approximate surface area is 125 Å². The summed E-state index contributed by atoms with van der Waals surface area (Å²) < 4.78 is 10.5. The number of aromatic carboxylic acids is 1. The van der Waals surface area contributed by atoms with E-state index in [4.69, 9.17) is 14.3 Å². The highest BCUT2D eigenvalue weighted by Crippen LogP contribution is 2.23. The van der Waals surface area contributed by atoms with E-state index in [1.54, 1.807) is 30.3 Å². The fourth-order valence-corrected chi connectivity index (χ4v) is 2.11. The number of benzene rings is 2. The van der Waals surface area contributed by atoms with Crippen LogP contribution in [0.1, 0.15) is 26.6 Å². The molecule has 6 heteroatoms. The van der Waals surface area contributed by atoms with Gasteiger partial charge in [-0.15, -0.1) is 0 Å². The quantitative estimate of drug-likeness (QED) is 0.745. The van der Waals surface area contributed by atoms with Crippen molar-refractivity contribution in [2.75, 3.05) is 7.11 Å². The van der Waals surface area contributed by atoms with Gasteiger partial charge in [0, 0.05) is 11.6 Å². The number of carboxylic acid groups (broad SMARTS) is 1. The Bertz CT molecular complexity index is 881. The summed E-state index contributed by atoms with van der Waals surface area (Å²) >= 11 is 0. The van der Waals surface area contributed by atoms with E-state index in [1.165, 1.54) is 19.2 Å². The van der Waals surface area contributed by atoms with Gasteiger partial charge < -0.3 is 14.3 Å². The summed E-state index contributed by atoms with van der Waals surface area (Å²) in [6, 6.07) is 10.9. The molecule has 0 saturated carbocycles. The normalized spacial score (nSPS) is 10.6. The number of ether oxygens (including phenoxy) is 1. The van der Waals surface area contributed by atoms with Crippen LogP contribution in [0.25, 0.3) is 11.1 Å². The summed E-state index contributed by atoms with van der Waals surface area (Å²) in [6.07, 6.45) is 0. The number of oxazole rings is 1. The molecule has 0 amide bonds. The van der Waals surface area contributed by atoms with Crippen LogP contribution in [0.15, 0.2) is 46.9 Å². The molecule has 3 aromatic rings. The van der Waals surface area contributed by atoms with Crippen molar-refractivity contribution in [2.24, 2.45) is 0 Å². The average Bonchev–Trinajstić information content (AvgIpc) is 2.96. The molecular weight excluding hydrogens is 286 g/mol. The highest BCUT2D eigenvalue weighted by molar-refractivity contribution is 6.12. The monoisotopic (exact) mass is 297 g/mol. The summed E-state index contributed by atoms with van der Waals surface area (Å²) in [5, 5.41) is 9.15. The highest BCUT2D eigenvalue weighted by atomic mass is 16.5. The molecule has 6 nitrogen and oxygen atoms in total. The van der Waals surface area contributed by atoms with Crippen molar-refractivity contribution < 1.29 is 23.8 Å².